The molecule has 1 atom stereocenters. The molecule has 2 amide bonds. The summed E-state index contributed by atoms with van der Waals surface area (Å²) < 4.78 is 0. The van der Waals surface area contributed by atoms with Crippen molar-refractivity contribution in [1.82, 2.24) is 19.7 Å². The number of hydrogen-bond acceptors (Lipinski definition) is 4. The summed E-state index contributed by atoms with van der Waals surface area (Å²) in [5.41, 5.74) is 1.52. The van der Waals surface area contributed by atoms with E-state index in [1.54, 1.807) is 6.20 Å². The molecule has 0 aliphatic carbocycles. The van der Waals surface area contributed by atoms with Gasteiger partial charge < -0.3 is 9.80 Å². The molecule has 6 heteroatoms. The van der Waals surface area contributed by atoms with Crippen molar-refractivity contribution in [3.8, 4) is 0 Å². The molecule has 3 aliphatic heterocycles. The zero-order chi connectivity index (χ0) is 19.5. The fraction of sp³-hybridized carbons (Fsp3) is 0.682. The van der Waals surface area contributed by atoms with Gasteiger partial charge in [-0.1, -0.05) is 0 Å². The van der Waals surface area contributed by atoms with Crippen molar-refractivity contribution in [3.05, 3.63) is 29.6 Å². The SMILES string of the molecule is Cc1ncccc1C(=O)N1CCC(N2CCC[C@H](C(=O)N3CCCC3)C2)CC1. The first-order chi connectivity index (χ1) is 13.6. The van der Waals surface area contributed by atoms with Crippen molar-refractivity contribution in [2.75, 3.05) is 39.3 Å². The minimum absolute atomic E-state index is 0.102. The van der Waals surface area contributed by atoms with Crippen molar-refractivity contribution in [3.63, 3.8) is 0 Å². The Bertz CT molecular complexity index is 708. The van der Waals surface area contributed by atoms with Gasteiger partial charge >= 0.3 is 0 Å². The van der Waals surface area contributed by atoms with Crippen LogP contribution in [0.2, 0.25) is 0 Å². The molecule has 28 heavy (non-hydrogen) atoms. The van der Waals surface area contributed by atoms with E-state index >= 15 is 0 Å². The largest absolute Gasteiger partial charge is 0.342 e. The predicted molar refractivity (Wildman–Crippen MR) is 108 cm³/mol. The van der Waals surface area contributed by atoms with E-state index in [0.29, 0.717) is 11.9 Å². The summed E-state index contributed by atoms with van der Waals surface area (Å²) in [7, 11) is 0. The van der Waals surface area contributed by atoms with Crippen molar-refractivity contribution in [2.45, 2.75) is 51.5 Å². The fourth-order valence-corrected chi connectivity index (χ4v) is 5.05. The number of amides is 2. The third-order valence-electron chi connectivity index (χ3n) is 6.73. The molecular formula is C22H32N4O2. The summed E-state index contributed by atoms with van der Waals surface area (Å²) in [5, 5.41) is 0. The average Bonchev–Trinajstić information content (AvgIpc) is 3.28. The molecule has 3 aliphatic rings. The van der Waals surface area contributed by atoms with Crippen LogP contribution in [0.4, 0.5) is 0 Å². The van der Waals surface area contributed by atoms with Crippen LogP contribution in [0, 0.1) is 12.8 Å². The molecule has 0 spiro atoms. The molecule has 0 aromatic carbocycles. The summed E-state index contributed by atoms with van der Waals surface area (Å²) in [6, 6.07) is 4.20. The molecule has 0 N–H and O–H groups in total. The molecule has 0 unspecified atom stereocenters. The van der Waals surface area contributed by atoms with Crippen molar-refractivity contribution in [2.24, 2.45) is 5.92 Å². The second-order valence-corrected chi connectivity index (χ2v) is 8.53. The van der Waals surface area contributed by atoms with Gasteiger partial charge in [0.25, 0.3) is 5.91 Å². The van der Waals surface area contributed by atoms with Crippen LogP contribution in [0.1, 0.15) is 54.6 Å². The van der Waals surface area contributed by atoms with E-state index in [2.05, 4.69) is 14.8 Å². The van der Waals surface area contributed by atoms with Crippen LogP contribution < -0.4 is 0 Å². The van der Waals surface area contributed by atoms with Gasteiger partial charge in [-0.3, -0.25) is 19.5 Å². The van der Waals surface area contributed by atoms with Gasteiger partial charge in [0.15, 0.2) is 0 Å². The lowest BCUT2D eigenvalue weighted by Gasteiger charge is -2.42. The number of piperidine rings is 2. The maximum atomic E-state index is 12.8. The molecule has 3 saturated heterocycles. The van der Waals surface area contributed by atoms with E-state index in [1.165, 1.54) is 0 Å². The van der Waals surface area contributed by atoms with Gasteiger partial charge in [0.05, 0.1) is 11.5 Å². The fourth-order valence-electron chi connectivity index (χ4n) is 5.05. The first-order valence-corrected chi connectivity index (χ1v) is 10.9. The molecule has 3 fully saturated rings. The minimum Gasteiger partial charge on any atom is -0.342 e. The zero-order valence-corrected chi connectivity index (χ0v) is 17.0. The predicted octanol–water partition coefficient (Wildman–Crippen LogP) is 2.33. The summed E-state index contributed by atoms with van der Waals surface area (Å²) in [6.45, 7) is 7.36. The summed E-state index contributed by atoms with van der Waals surface area (Å²) in [5.74, 6) is 0.649. The number of aromatic nitrogens is 1. The number of carbonyl (C=O) groups excluding carboxylic acids is 2. The minimum atomic E-state index is 0.102. The molecule has 0 radical (unpaired) electrons. The van der Waals surface area contributed by atoms with Crippen LogP contribution in [0.15, 0.2) is 18.3 Å². The van der Waals surface area contributed by atoms with E-state index in [0.717, 1.165) is 89.1 Å². The van der Waals surface area contributed by atoms with Crippen molar-refractivity contribution >= 4 is 11.8 Å². The number of pyridine rings is 1. The lowest BCUT2D eigenvalue weighted by molar-refractivity contribution is -0.136. The highest BCUT2D eigenvalue weighted by Crippen LogP contribution is 2.26. The van der Waals surface area contributed by atoms with Gasteiger partial charge in [-0.2, -0.15) is 0 Å². The Morgan fingerprint density at radius 1 is 0.964 bits per heavy atom. The molecule has 0 saturated carbocycles. The Morgan fingerprint density at radius 2 is 1.71 bits per heavy atom. The molecule has 6 nitrogen and oxygen atoms in total. The van der Waals surface area contributed by atoms with Gasteiger partial charge in [-0.25, -0.2) is 0 Å². The van der Waals surface area contributed by atoms with Gasteiger partial charge in [-0.05, 0) is 64.1 Å². The summed E-state index contributed by atoms with van der Waals surface area (Å²) in [4.78, 5) is 36.4. The van der Waals surface area contributed by atoms with E-state index < -0.39 is 0 Å². The average molecular weight is 385 g/mol. The van der Waals surface area contributed by atoms with Crippen LogP contribution in [0.5, 0.6) is 0 Å². The number of rotatable bonds is 3. The van der Waals surface area contributed by atoms with Crippen LogP contribution in [-0.4, -0.2) is 76.8 Å². The number of nitrogens with zero attached hydrogens (tertiary/aromatic N) is 4. The Kier molecular flexibility index (Phi) is 5.95. The highest BCUT2D eigenvalue weighted by Gasteiger charge is 2.34. The molecule has 0 bridgehead atoms. The van der Waals surface area contributed by atoms with Gasteiger partial charge in [0.2, 0.25) is 5.91 Å². The molecule has 1 aromatic rings. The smallest absolute Gasteiger partial charge is 0.255 e. The van der Waals surface area contributed by atoms with E-state index in [4.69, 9.17) is 0 Å². The third-order valence-corrected chi connectivity index (χ3v) is 6.73. The van der Waals surface area contributed by atoms with Crippen molar-refractivity contribution in [1.29, 1.82) is 0 Å². The maximum absolute atomic E-state index is 12.8. The first-order valence-electron chi connectivity index (χ1n) is 10.9. The first kappa shape index (κ1) is 19.4. The monoisotopic (exact) mass is 384 g/mol. The van der Waals surface area contributed by atoms with Crippen LogP contribution in [-0.2, 0) is 4.79 Å². The number of carbonyl (C=O) groups is 2. The van der Waals surface area contributed by atoms with Crippen LogP contribution in [0.25, 0.3) is 0 Å². The normalized spacial score (nSPS) is 24.5. The zero-order valence-electron chi connectivity index (χ0n) is 17.0. The van der Waals surface area contributed by atoms with Gasteiger partial charge in [0, 0.05) is 50.7 Å². The van der Waals surface area contributed by atoms with Crippen LogP contribution >= 0.6 is 0 Å². The Morgan fingerprint density at radius 3 is 2.43 bits per heavy atom. The third kappa shape index (κ3) is 4.07. The molecule has 4 rings (SSSR count). The van der Waals surface area contributed by atoms with Gasteiger partial charge in [0.1, 0.15) is 0 Å². The van der Waals surface area contributed by atoms with E-state index in [1.807, 2.05) is 24.0 Å². The highest BCUT2D eigenvalue weighted by atomic mass is 16.2. The standard InChI is InChI=1S/C22H32N4O2/c1-17-20(7-4-10-23-17)22(28)25-14-8-19(9-15-25)26-13-5-6-18(16-26)21(27)24-11-2-3-12-24/h4,7,10,18-19H,2-3,5-6,8-9,11-16H2,1H3/t18-/m0/s1. The summed E-state index contributed by atoms with van der Waals surface area (Å²) >= 11 is 0. The highest BCUT2D eigenvalue weighted by molar-refractivity contribution is 5.95. The van der Waals surface area contributed by atoms with E-state index in [-0.39, 0.29) is 11.8 Å². The Hall–Kier alpha value is -1.95. The second kappa shape index (κ2) is 8.60. The topological polar surface area (TPSA) is 56.8 Å². The summed E-state index contributed by atoms with van der Waals surface area (Å²) in [6.07, 6.45) is 8.18. The molecular weight excluding hydrogens is 352 g/mol. The Balaban J connectivity index is 1.31. The second-order valence-electron chi connectivity index (χ2n) is 8.53. The van der Waals surface area contributed by atoms with Crippen molar-refractivity contribution < 1.29 is 9.59 Å². The quantitative estimate of drug-likeness (QED) is 0.803. The van der Waals surface area contributed by atoms with Crippen LogP contribution in [0.3, 0.4) is 0 Å². The Labute approximate surface area is 167 Å². The maximum Gasteiger partial charge on any atom is 0.255 e. The number of aryl methyl sites for hydroxylation is 1. The molecule has 152 valence electrons. The van der Waals surface area contributed by atoms with Gasteiger partial charge in [-0.15, -0.1) is 0 Å². The molecule has 4 heterocycles. The molecule has 1 aromatic heterocycles. The lowest BCUT2D eigenvalue weighted by atomic mass is 9.92. The lowest BCUT2D eigenvalue weighted by Crippen LogP contribution is -2.51. The number of likely N-dealkylation sites (tertiary alicyclic amines) is 3. The van der Waals surface area contributed by atoms with E-state index in [9.17, 15) is 9.59 Å². The number of hydrogen-bond donors (Lipinski definition) is 0.